The number of amides is 4. The van der Waals surface area contributed by atoms with Crippen LogP contribution >= 0.6 is 0 Å². The Morgan fingerprint density at radius 1 is 1.18 bits per heavy atom. The molecule has 7 heteroatoms. The van der Waals surface area contributed by atoms with Gasteiger partial charge in [-0.1, -0.05) is 6.92 Å². The van der Waals surface area contributed by atoms with Gasteiger partial charge in [0.2, 0.25) is 0 Å². The molecule has 2 saturated heterocycles. The average molecular weight is 311 g/mol. The molecule has 2 aliphatic rings. The Balaban J connectivity index is 1.77. The van der Waals surface area contributed by atoms with Gasteiger partial charge in [0.05, 0.1) is 0 Å². The largest absolute Gasteiger partial charge is 0.352 e. The van der Waals surface area contributed by atoms with Crippen LogP contribution in [-0.4, -0.2) is 67.2 Å². The molecule has 2 atom stereocenters. The fourth-order valence-corrected chi connectivity index (χ4v) is 3.39. The first kappa shape index (κ1) is 16.9. The van der Waals surface area contributed by atoms with E-state index in [1.165, 1.54) is 0 Å². The monoisotopic (exact) mass is 311 g/mol. The number of carbonyl (C=O) groups is 2. The van der Waals surface area contributed by atoms with E-state index in [9.17, 15) is 9.59 Å². The van der Waals surface area contributed by atoms with Crippen LogP contribution in [0.15, 0.2) is 0 Å². The van der Waals surface area contributed by atoms with E-state index in [0.29, 0.717) is 19.0 Å². The standard InChI is InChI=1S/C15H29N5O2/c1-2-19-7-4-6-13(11-19)18-15(22)20-8-3-5-12(10-20)9-17-14(16)21/h12-13H,2-11H2,1H3,(H,18,22)(H3,16,17,21). The summed E-state index contributed by atoms with van der Waals surface area (Å²) in [6.45, 7) is 7.31. The van der Waals surface area contributed by atoms with E-state index in [2.05, 4.69) is 22.5 Å². The summed E-state index contributed by atoms with van der Waals surface area (Å²) < 4.78 is 0. The lowest BCUT2D eigenvalue weighted by Gasteiger charge is -2.36. The van der Waals surface area contributed by atoms with Crippen molar-refractivity contribution in [1.82, 2.24) is 20.4 Å². The smallest absolute Gasteiger partial charge is 0.317 e. The summed E-state index contributed by atoms with van der Waals surface area (Å²) in [6, 6.07) is -0.208. The van der Waals surface area contributed by atoms with Crippen molar-refractivity contribution >= 4 is 12.1 Å². The molecule has 0 aromatic carbocycles. The van der Waals surface area contributed by atoms with Crippen molar-refractivity contribution in [3.63, 3.8) is 0 Å². The third kappa shape index (κ3) is 5.05. The molecule has 0 aromatic heterocycles. The van der Waals surface area contributed by atoms with Gasteiger partial charge in [0.25, 0.3) is 0 Å². The molecule has 22 heavy (non-hydrogen) atoms. The van der Waals surface area contributed by atoms with Gasteiger partial charge < -0.3 is 26.2 Å². The van der Waals surface area contributed by atoms with Gasteiger partial charge in [-0.15, -0.1) is 0 Å². The molecule has 2 unspecified atom stereocenters. The quantitative estimate of drug-likeness (QED) is 0.708. The number of likely N-dealkylation sites (N-methyl/N-ethyl adjacent to an activating group) is 1. The molecular formula is C15H29N5O2. The molecule has 0 bridgehead atoms. The molecule has 2 aliphatic heterocycles. The molecule has 2 heterocycles. The normalized spacial score (nSPS) is 26.5. The highest BCUT2D eigenvalue weighted by Gasteiger charge is 2.26. The first-order chi connectivity index (χ1) is 10.6. The number of carbonyl (C=O) groups excluding carboxylic acids is 2. The zero-order valence-electron chi connectivity index (χ0n) is 13.5. The fourth-order valence-electron chi connectivity index (χ4n) is 3.39. The molecule has 4 amide bonds. The number of rotatable bonds is 4. The van der Waals surface area contributed by atoms with Crippen LogP contribution in [0.4, 0.5) is 9.59 Å². The highest BCUT2D eigenvalue weighted by Crippen LogP contribution is 2.17. The van der Waals surface area contributed by atoms with Crippen LogP contribution in [0.2, 0.25) is 0 Å². The number of nitrogens with one attached hydrogen (secondary N) is 2. The number of primary amides is 1. The van der Waals surface area contributed by atoms with Gasteiger partial charge in [0.15, 0.2) is 0 Å². The number of nitrogens with zero attached hydrogens (tertiary/aromatic N) is 2. The molecular weight excluding hydrogens is 282 g/mol. The third-order valence-corrected chi connectivity index (χ3v) is 4.65. The van der Waals surface area contributed by atoms with Crippen molar-refractivity contribution < 1.29 is 9.59 Å². The second kappa shape index (κ2) is 8.22. The van der Waals surface area contributed by atoms with E-state index in [-0.39, 0.29) is 12.1 Å². The topological polar surface area (TPSA) is 90.7 Å². The van der Waals surface area contributed by atoms with Gasteiger partial charge in [-0.3, -0.25) is 0 Å². The minimum Gasteiger partial charge on any atom is -0.352 e. The molecule has 0 aromatic rings. The molecule has 0 radical (unpaired) electrons. The lowest BCUT2D eigenvalue weighted by Crippen LogP contribution is -2.54. The molecule has 0 saturated carbocycles. The van der Waals surface area contributed by atoms with Crippen LogP contribution in [0.5, 0.6) is 0 Å². The molecule has 0 aliphatic carbocycles. The van der Waals surface area contributed by atoms with E-state index in [0.717, 1.165) is 51.9 Å². The van der Waals surface area contributed by atoms with Gasteiger partial charge in [-0.2, -0.15) is 0 Å². The Labute approximate surface area is 132 Å². The van der Waals surface area contributed by atoms with Crippen LogP contribution < -0.4 is 16.4 Å². The summed E-state index contributed by atoms with van der Waals surface area (Å²) in [4.78, 5) is 27.5. The molecule has 2 rings (SSSR count). The SMILES string of the molecule is CCN1CCCC(NC(=O)N2CCCC(CNC(N)=O)C2)C1. The van der Waals surface area contributed by atoms with E-state index >= 15 is 0 Å². The molecule has 2 fully saturated rings. The number of hydrogen-bond donors (Lipinski definition) is 3. The van der Waals surface area contributed by atoms with E-state index in [4.69, 9.17) is 5.73 Å². The zero-order valence-corrected chi connectivity index (χ0v) is 13.5. The molecule has 126 valence electrons. The van der Waals surface area contributed by atoms with Gasteiger partial charge in [0.1, 0.15) is 0 Å². The highest BCUT2D eigenvalue weighted by atomic mass is 16.2. The van der Waals surface area contributed by atoms with Crippen molar-refractivity contribution in [3.8, 4) is 0 Å². The van der Waals surface area contributed by atoms with E-state index in [1.807, 2.05) is 4.90 Å². The highest BCUT2D eigenvalue weighted by molar-refractivity contribution is 5.74. The van der Waals surface area contributed by atoms with Crippen molar-refractivity contribution in [3.05, 3.63) is 0 Å². The van der Waals surface area contributed by atoms with Gasteiger partial charge in [0, 0.05) is 32.2 Å². The number of hydrogen-bond acceptors (Lipinski definition) is 3. The second-order valence-corrected chi connectivity index (χ2v) is 6.38. The summed E-state index contributed by atoms with van der Waals surface area (Å²) in [6.07, 6.45) is 4.20. The van der Waals surface area contributed by atoms with Crippen molar-refractivity contribution in [2.75, 3.05) is 39.3 Å². The first-order valence-electron chi connectivity index (χ1n) is 8.39. The first-order valence-corrected chi connectivity index (χ1v) is 8.39. The molecule has 0 spiro atoms. The Kier molecular flexibility index (Phi) is 6.30. The number of piperidine rings is 2. The van der Waals surface area contributed by atoms with Crippen molar-refractivity contribution in [2.45, 2.75) is 38.6 Å². The maximum Gasteiger partial charge on any atom is 0.317 e. The Bertz CT molecular complexity index is 390. The maximum absolute atomic E-state index is 12.4. The lowest BCUT2D eigenvalue weighted by molar-refractivity contribution is 0.149. The van der Waals surface area contributed by atoms with Crippen LogP contribution in [-0.2, 0) is 0 Å². The van der Waals surface area contributed by atoms with Crippen molar-refractivity contribution in [1.29, 1.82) is 0 Å². The second-order valence-electron chi connectivity index (χ2n) is 6.38. The predicted molar refractivity (Wildman–Crippen MR) is 85.6 cm³/mol. The Morgan fingerprint density at radius 3 is 2.68 bits per heavy atom. The maximum atomic E-state index is 12.4. The lowest BCUT2D eigenvalue weighted by atomic mass is 9.98. The van der Waals surface area contributed by atoms with Crippen LogP contribution in [0.25, 0.3) is 0 Å². The predicted octanol–water partition coefficient (Wildman–Crippen LogP) is 0.561. The zero-order chi connectivity index (χ0) is 15.9. The summed E-state index contributed by atoms with van der Waals surface area (Å²) in [5.74, 6) is 0.297. The molecule has 4 N–H and O–H groups in total. The van der Waals surface area contributed by atoms with Crippen LogP contribution in [0.3, 0.4) is 0 Å². The summed E-state index contributed by atoms with van der Waals surface area (Å²) in [7, 11) is 0. The van der Waals surface area contributed by atoms with Gasteiger partial charge in [-0.05, 0) is 44.7 Å². The van der Waals surface area contributed by atoms with E-state index < -0.39 is 6.03 Å². The number of nitrogens with two attached hydrogens (primary N) is 1. The summed E-state index contributed by atoms with van der Waals surface area (Å²) in [5.41, 5.74) is 5.11. The Morgan fingerprint density at radius 2 is 1.95 bits per heavy atom. The van der Waals surface area contributed by atoms with Crippen LogP contribution in [0, 0.1) is 5.92 Å². The van der Waals surface area contributed by atoms with E-state index in [1.54, 1.807) is 0 Å². The van der Waals surface area contributed by atoms with Gasteiger partial charge >= 0.3 is 12.1 Å². The van der Waals surface area contributed by atoms with Gasteiger partial charge in [-0.25, -0.2) is 9.59 Å². The summed E-state index contributed by atoms with van der Waals surface area (Å²) >= 11 is 0. The summed E-state index contributed by atoms with van der Waals surface area (Å²) in [5, 5.41) is 5.81. The third-order valence-electron chi connectivity index (χ3n) is 4.65. The Hall–Kier alpha value is -1.50. The number of likely N-dealkylation sites (tertiary alicyclic amines) is 2. The van der Waals surface area contributed by atoms with Crippen LogP contribution in [0.1, 0.15) is 32.6 Å². The molecule has 7 nitrogen and oxygen atoms in total. The minimum absolute atomic E-state index is 0.0340. The minimum atomic E-state index is -0.497. The fraction of sp³-hybridized carbons (Fsp3) is 0.867. The average Bonchev–Trinajstić information content (AvgIpc) is 2.53. The van der Waals surface area contributed by atoms with Crippen molar-refractivity contribution in [2.24, 2.45) is 11.7 Å². The number of urea groups is 2.